The van der Waals surface area contributed by atoms with Gasteiger partial charge in [0.15, 0.2) is 0 Å². The van der Waals surface area contributed by atoms with Gasteiger partial charge in [-0.1, -0.05) is 91.0 Å². The fourth-order valence-corrected chi connectivity index (χ4v) is 3.31. The maximum atomic E-state index is 9.59. The van der Waals surface area contributed by atoms with Gasteiger partial charge in [-0.15, -0.1) is 0 Å². The molecule has 0 spiro atoms. The maximum absolute atomic E-state index is 9.59. The molecule has 1 nitrogen and oxygen atoms in total. The summed E-state index contributed by atoms with van der Waals surface area (Å²) in [6.45, 7) is 0. The van der Waals surface area contributed by atoms with Crippen LogP contribution in [0.2, 0.25) is 0 Å². The third-order valence-corrected chi connectivity index (χ3v) is 4.50. The van der Waals surface area contributed by atoms with Crippen LogP contribution < -0.4 is 0 Å². The van der Waals surface area contributed by atoms with Crippen molar-refractivity contribution in [2.75, 3.05) is 0 Å². The first-order chi connectivity index (χ1) is 12.9. The van der Waals surface area contributed by atoms with Crippen molar-refractivity contribution in [3.8, 4) is 39.4 Å². The van der Waals surface area contributed by atoms with Crippen molar-refractivity contribution in [2.24, 2.45) is 0 Å². The lowest BCUT2D eigenvalue weighted by Crippen LogP contribution is -1.92. The average molecular weight is 331 g/mol. The second-order valence-electron chi connectivity index (χ2n) is 6.16. The minimum Gasteiger partial charge on any atom is -0.192 e. The molecular formula is C25H17N. The van der Waals surface area contributed by atoms with Gasteiger partial charge in [0.05, 0.1) is 11.6 Å². The van der Waals surface area contributed by atoms with Crippen LogP contribution >= 0.6 is 0 Å². The van der Waals surface area contributed by atoms with Gasteiger partial charge in [-0.05, 0) is 45.5 Å². The largest absolute Gasteiger partial charge is 0.192 e. The zero-order valence-corrected chi connectivity index (χ0v) is 14.3. The van der Waals surface area contributed by atoms with Crippen molar-refractivity contribution < 1.29 is 0 Å². The Labute approximate surface area is 153 Å². The number of hydrogen-bond donors (Lipinski definition) is 0. The summed E-state index contributed by atoms with van der Waals surface area (Å²) in [5, 5.41) is 9.59. The average Bonchev–Trinajstić information content (AvgIpc) is 2.74. The summed E-state index contributed by atoms with van der Waals surface area (Å²) in [5.74, 6) is 0. The molecule has 26 heavy (non-hydrogen) atoms. The summed E-state index contributed by atoms with van der Waals surface area (Å²) in [7, 11) is 0. The Hall–Kier alpha value is -3.63. The van der Waals surface area contributed by atoms with E-state index < -0.39 is 0 Å². The van der Waals surface area contributed by atoms with E-state index in [1.807, 2.05) is 54.6 Å². The Bertz CT molecular complexity index is 999. The normalized spacial score (nSPS) is 10.3. The molecule has 0 fully saturated rings. The van der Waals surface area contributed by atoms with E-state index in [-0.39, 0.29) is 0 Å². The molecule has 0 amide bonds. The van der Waals surface area contributed by atoms with Crippen LogP contribution in [0.5, 0.6) is 0 Å². The first-order valence-electron chi connectivity index (χ1n) is 8.61. The fourth-order valence-electron chi connectivity index (χ4n) is 3.31. The minimum absolute atomic E-state index is 0.669. The van der Waals surface area contributed by atoms with Crippen LogP contribution in [0.4, 0.5) is 0 Å². The Morgan fingerprint density at radius 2 is 0.885 bits per heavy atom. The number of nitriles is 1. The van der Waals surface area contributed by atoms with Crippen LogP contribution in [0.3, 0.4) is 0 Å². The van der Waals surface area contributed by atoms with Gasteiger partial charge in [-0.3, -0.25) is 0 Å². The van der Waals surface area contributed by atoms with E-state index in [4.69, 9.17) is 0 Å². The van der Waals surface area contributed by atoms with Crippen molar-refractivity contribution in [3.05, 3.63) is 109 Å². The maximum Gasteiger partial charge on any atom is 0.0992 e. The third-order valence-electron chi connectivity index (χ3n) is 4.50. The van der Waals surface area contributed by atoms with Crippen molar-refractivity contribution in [1.29, 1.82) is 5.26 Å². The molecule has 1 heteroatoms. The molecule has 4 aromatic rings. The van der Waals surface area contributed by atoms with E-state index in [1.54, 1.807) is 0 Å². The number of rotatable bonds is 3. The highest BCUT2D eigenvalue weighted by Gasteiger charge is 2.15. The lowest BCUT2D eigenvalue weighted by molar-refractivity contribution is 1.47. The highest BCUT2D eigenvalue weighted by molar-refractivity contribution is 5.95. The first kappa shape index (κ1) is 15.9. The second kappa shape index (κ2) is 7.09. The van der Waals surface area contributed by atoms with Gasteiger partial charge in [-0.2, -0.15) is 5.26 Å². The van der Waals surface area contributed by atoms with Gasteiger partial charge in [0.25, 0.3) is 0 Å². The standard InChI is InChI=1S/C25H17N/c26-18-19-16-23(20-10-4-1-5-11-20)25(22-14-8-3-9-15-22)24(17-19)21-12-6-2-7-13-21/h1-17H. The summed E-state index contributed by atoms with van der Waals surface area (Å²) in [5.41, 5.74) is 7.35. The van der Waals surface area contributed by atoms with Crippen LogP contribution in [-0.2, 0) is 0 Å². The van der Waals surface area contributed by atoms with E-state index in [2.05, 4.69) is 54.6 Å². The quantitative estimate of drug-likeness (QED) is 0.417. The molecule has 0 aromatic heterocycles. The van der Waals surface area contributed by atoms with E-state index in [1.165, 1.54) is 0 Å². The molecule has 0 unspecified atom stereocenters. The molecule has 0 N–H and O–H groups in total. The molecule has 122 valence electrons. The van der Waals surface area contributed by atoms with Crippen molar-refractivity contribution in [2.45, 2.75) is 0 Å². The lowest BCUT2D eigenvalue weighted by Gasteiger charge is -2.17. The Morgan fingerprint density at radius 1 is 0.500 bits per heavy atom. The van der Waals surface area contributed by atoms with Crippen molar-refractivity contribution in [1.82, 2.24) is 0 Å². The highest BCUT2D eigenvalue weighted by atomic mass is 14.3. The van der Waals surface area contributed by atoms with Crippen LogP contribution in [0, 0.1) is 11.3 Å². The number of nitrogens with zero attached hydrogens (tertiary/aromatic N) is 1. The molecule has 0 aliphatic rings. The zero-order chi connectivity index (χ0) is 17.8. The molecule has 0 aliphatic heterocycles. The smallest absolute Gasteiger partial charge is 0.0992 e. The van der Waals surface area contributed by atoms with Gasteiger partial charge in [0.2, 0.25) is 0 Å². The fraction of sp³-hybridized carbons (Fsp3) is 0. The Kier molecular flexibility index (Phi) is 4.33. The second-order valence-corrected chi connectivity index (χ2v) is 6.16. The molecule has 0 saturated carbocycles. The summed E-state index contributed by atoms with van der Waals surface area (Å²) >= 11 is 0. The molecule has 0 saturated heterocycles. The predicted molar refractivity (Wildman–Crippen MR) is 107 cm³/mol. The molecular weight excluding hydrogens is 314 g/mol. The van der Waals surface area contributed by atoms with Gasteiger partial charge in [0.1, 0.15) is 0 Å². The Morgan fingerprint density at radius 3 is 1.27 bits per heavy atom. The van der Waals surface area contributed by atoms with Crippen LogP contribution in [0.1, 0.15) is 5.56 Å². The summed E-state index contributed by atoms with van der Waals surface area (Å²) in [4.78, 5) is 0. The van der Waals surface area contributed by atoms with E-state index >= 15 is 0 Å². The van der Waals surface area contributed by atoms with Crippen LogP contribution in [0.15, 0.2) is 103 Å². The first-order valence-corrected chi connectivity index (χ1v) is 8.61. The number of benzene rings is 4. The van der Waals surface area contributed by atoms with E-state index in [0.717, 1.165) is 33.4 Å². The summed E-state index contributed by atoms with van der Waals surface area (Å²) in [6, 6.07) is 37.2. The summed E-state index contributed by atoms with van der Waals surface area (Å²) in [6.07, 6.45) is 0. The van der Waals surface area contributed by atoms with Gasteiger partial charge in [0, 0.05) is 0 Å². The Balaban J connectivity index is 2.10. The molecule has 0 bridgehead atoms. The van der Waals surface area contributed by atoms with Gasteiger partial charge < -0.3 is 0 Å². The van der Waals surface area contributed by atoms with E-state index in [0.29, 0.717) is 5.56 Å². The SMILES string of the molecule is N#Cc1cc(-c2ccccc2)c(-c2ccccc2)c(-c2ccccc2)c1. The minimum atomic E-state index is 0.669. The van der Waals surface area contributed by atoms with Crippen LogP contribution in [-0.4, -0.2) is 0 Å². The zero-order valence-electron chi connectivity index (χ0n) is 14.3. The number of hydrogen-bond acceptors (Lipinski definition) is 1. The molecule has 0 heterocycles. The molecule has 4 rings (SSSR count). The predicted octanol–water partition coefficient (Wildman–Crippen LogP) is 6.56. The third kappa shape index (κ3) is 3.01. The molecule has 0 atom stereocenters. The molecule has 4 aromatic carbocycles. The van der Waals surface area contributed by atoms with Crippen molar-refractivity contribution in [3.63, 3.8) is 0 Å². The lowest BCUT2D eigenvalue weighted by atomic mass is 9.86. The topological polar surface area (TPSA) is 23.8 Å². The monoisotopic (exact) mass is 331 g/mol. The van der Waals surface area contributed by atoms with Crippen molar-refractivity contribution >= 4 is 0 Å². The highest BCUT2D eigenvalue weighted by Crippen LogP contribution is 2.40. The molecule has 0 aliphatic carbocycles. The van der Waals surface area contributed by atoms with Gasteiger partial charge >= 0.3 is 0 Å². The van der Waals surface area contributed by atoms with E-state index in [9.17, 15) is 5.26 Å². The molecule has 0 radical (unpaired) electrons. The van der Waals surface area contributed by atoms with Crippen LogP contribution in [0.25, 0.3) is 33.4 Å². The summed E-state index contributed by atoms with van der Waals surface area (Å²) < 4.78 is 0. The van der Waals surface area contributed by atoms with Gasteiger partial charge in [-0.25, -0.2) is 0 Å².